The van der Waals surface area contributed by atoms with Crippen LogP contribution in [0.5, 0.6) is 0 Å². The molecular formula is C24H28FN3O7S. The van der Waals surface area contributed by atoms with Gasteiger partial charge in [-0.25, -0.2) is 9.18 Å². The fourth-order valence-corrected chi connectivity index (χ4v) is 5.67. The molecule has 0 aromatic heterocycles. The van der Waals surface area contributed by atoms with Gasteiger partial charge in [0.25, 0.3) is 10.1 Å². The third-order valence-electron chi connectivity index (χ3n) is 6.17. The minimum Gasteiger partial charge on any atom is -0.442 e. The second-order valence-corrected chi connectivity index (χ2v) is 10.4. The van der Waals surface area contributed by atoms with Crippen molar-refractivity contribution >= 4 is 33.5 Å². The van der Waals surface area contributed by atoms with Crippen molar-refractivity contribution in [1.82, 2.24) is 5.32 Å². The van der Waals surface area contributed by atoms with Gasteiger partial charge in [0.2, 0.25) is 5.91 Å². The highest BCUT2D eigenvalue weighted by Gasteiger charge is 2.35. The Morgan fingerprint density at radius 3 is 2.67 bits per heavy atom. The zero-order valence-electron chi connectivity index (χ0n) is 19.9. The standard InChI is InChI=1S/C24H28FN3O7S/c1-15-5-3-4-6-23(15)36(32,33)35-22-9-10-27(14-21(22)30)20-8-7-17(11-19(20)25)28-13-18(34-24(28)31)12-26-16(2)29/h3-8,11,18,21-22,30H,9-10,12-14H2,1-2H3,(H,26,29). The summed E-state index contributed by atoms with van der Waals surface area (Å²) >= 11 is 0. The molecule has 0 spiro atoms. The van der Waals surface area contributed by atoms with Crippen molar-refractivity contribution in [2.75, 3.05) is 36.0 Å². The first-order chi connectivity index (χ1) is 17.0. The first-order valence-electron chi connectivity index (χ1n) is 11.5. The summed E-state index contributed by atoms with van der Waals surface area (Å²) in [5, 5.41) is 13.2. The lowest BCUT2D eigenvalue weighted by Gasteiger charge is -2.37. The van der Waals surface area contributed by atoms with Crippen LogP contribution in [-0.2, 0) is 23.8 Å². The van der Waals surface area contributed by atoms with Crippen molar-refractivity contribution in [3.63, 3.8) is 0 Å². The number of rotatable bonds is 7. The Hall–Kier alpha value is -3.22. The molecule has 194 valence electrons. The number of hydrogen-bond donors (Lipinski definition) is 2. The Labute approximate surface area is 208 Å². The van der Waals surface area contributed by atoms with E-state index >= 15 is 4.39 Å². The van der Waals surface area contributed by atoms with Crippen LogP contribution in [-0.4, -0.2) is 70.0 Å². The van der Waals surface area contributed by atoms with Gasteiger partial charge in [0.1, 0.15) is 18.0 Å². The first-order valence-corrected chi connectivity index (χ1v) is 12.9. The lowest BCUT2D eigenvalue weighted by Crippen LogP contribution is -2.48. The number of carbonyl (C=O) groups is 2. The number of ether oxygens (including phenoxy) is 1. The average Bonchev–Trinajstić information content (AvgIpc) is 3.19. The molecule has 0 saturated carbocycles. The third-order valence-corrected chi connectivity index (χ3v) is 7.67. The summed E-state index contributed by atoms with van der Waals surface area (Å²) in [4.78, 5) is 26.2. The number of halogens is 1. The van der Waals surface area contributed by atoms with Crippen LogP contribution < -0.4 is 15.1 Å². The molecule has 2 aliphatic heterocycles. The second kappa shape index (κ2) is 10.4. The molecule has 0 radical (unpaired) electrons. The van der Waals surface area contributed by atoms with E-state index in [1.807, 2.05) is 0 Å². The van der Waals surface area contributed by atoms with Gasteiger partial charge in [0.05, 0.1) is 35.5 Å². The molecule has 2 aliphatic rings. The summed E-state index contributed by atoms with van der Waals surface area (Å²) in [5.41, 5.74) is 1.05. The molecule has 2 aromatic carbocycles. The number of anilines is 2. The Morgan fingerprint density at radius 1 is 1.25 bits per heavy atom. The van der Waals surface area contributed by atoms with E-state index in [9.17, 15) is 23.1 Å². The Morgan fingerprint density at radius 2 is 2.00 bits per heavy atom. The van der Waals surface area contributed by atoms with Gasteiger partial charge in [-0.05, 0) is 43.2 Å². The van der Waals surface area contributed by atoms with E-state index in [1.54, 1.807) is 36.1 Å². The minimum atomic E-state index is -4.07. The van der Waals surface area contributed by atoms with Crippen molar-refractivity contribution in [1.29, 1.82) is 0 Å². The van der Waals surface area contributed by atoms with E-state index in [0.717, 1.165) is 0 Å². The largest absolute Gasteiger partial charge is 0.442 e. The lowest BCUT2D eigenvalue weighted by atomic mass is 10.0. The number of piperidine rings is 1. The number of aryl methyl sites for hydroxylation is 1. The van der Waals surface area contributed by atoms with Crippen LogP contribution in [0.1, 0.15) is 18.9 Å². The van der Waals surface area contributed by atoms with Gasteiger partial charge in [-0.2, -0.15) is 8.42 Å². The van der Waals surface area contributed by atoms with Gasteiger partial charge in [-0.1, -0.05) is 18.2 Å². The zero-order valence-corrected chi connectivity index (χ0v) is 20.7. The molecule has 36 heavy (non-hydrogen) atoms. The molecule has 12 heteroatoms. The van der Waals surface area contributed by atoms with Gasteiger partial charge in [0, 0.05) is 20.0 Å². The molecule has 0 aliphatic carbocycles. The predicted octanol–water partition coefficient (Wildman–Crippen LogP) is 1.94. The molecule has 3 unspecified atom stereocenters. The Kier molecular flexibility index (Phi) is 7.48. The van der Waals surface area contributed by atoms with E-state index in [1.165, 1.54) is 30.0 Å². The third kappa shape index (κ3) is 5.61. The summed E-state index contributed by atoms with van der Waals surface area (Å²) in [6, 6.07) is 10.7. The van der Waals surface area contributed by atoms with Crippen LogP contribution in [0.2, 0.25) is 0 Å². The topological polar surface area (TPSA) is 125 Å². The molecule has 0 bridgehead atoms. The monoisotopic (exact) mass is 521 g/mol. The number of hydrogen-bond acceptors (Lipinski definition) is 8. The quantitative estimate of drug-likeness (QED) is 0.530. The SMILES string of the molecule is CC(=O)NCC1CN(c2ccc(N3CCC(OS(=O)(=O)c4ccccc4C)C(O)C3)c(F)c2)C(=O)O1. The normalized spacial score (nSPS) is 22.4. The molecule has 2 aromatic rings. The van der Waals surface area contributed by atoms with Gasteiger partial charge in [-0.15, -0.1) is 0 Å². The summed E-state index contributed by atoms with van der Waals surface area (Å²) in [6.07, 6.45) is -3.15. The van der Waals surface area contributed by atoms with Crippen LogP contribution in [0.4, 0.5) is 20.6 Å². The number of amides is 2. The Balaban J connectivity index is 1.40. The van der Waals surface area contributed by atoms with Gasteiger partial charge in [-0.3, -0.25) is 13.9 Å². The molecule has 2 N–H and O–H groups in total. The molecule has 4 rings (SSSR count). The summed E-state index contributed by atoms with van der Waals surface area (Å²) in [7, 11) is -4.07. The maximum absolute atomic E-state index is 15.0. The second-order valence-electron chi connectivity index (χ2n) is 8.85. The number of β-amino-alcohol motifs (C(OH)–C–C–N with tert-alkyl or cyclic N) is 1. The van der Waals surface area contributed by atoms with E-state index in [0.29, 0.717) is 11.3 Å². The molecule has 2 fully saturated rings. The maximum atomic E-state index is 15.0. The van der Waals surface area contributed by atoms with E-state index in [2.05, 4.69) is 5.32 Å². The smallest absolute Gasteiger partial charge is 0.414 e. The summed E-state index contributed by atoms with van der Waals surface area (Å²) in [5.74, 6) is -0.853. The number of nitrogens with zero attached hydrogens (tertiary/aromatic N) is 2. The first kappa shape index (κ1) is 25.9. The zero-order chi connectivity index (χ0) is 26.0. The van der Waals surface area contributed by atoms with Crippen molar-refractivity contribution in [3.05, 3.63) is 53.8 Å². The van der Waals surface area contributed by atoms with Gasteiger partial charge < -0.3 is 20.1 Å². The van der Waals surface area contributed by atoms with Crippen molar-refractivity contribution in [2.45, 2.75) is 43.5 Å². The summed E-state index contributed by atoms with van der Waals surface area (Å²) in [6.45, 7) is 3.56. The lowest BCUT2D eigenvalue weighted by molar-refractivity contribution is -0.119. The number of aliphatic hydroxyl groups is 1. The van der Waals surface area contributed by atoms with Gasteiger partial charge in [0.15, 0.2) is 0 Å². The van der Waals surface area contributed by atoms with Crippen LogP contribution in [0, 0.1) is 12.7 Å². The highest BCUT2D eigenvalue weighted by atomic mass is 32.2. The number of nitrogens with one attached hydrogen (secondary N) is 1. The van der Waals surface area contributed by atoms with Crippen LogP contribution in [0.15, 0.2) is 47.4 Å². The number of aliphatic hydroxyl groups excluding tert-OH is 1. The average molecular weight is 522 g/mol. The fourth-order valence-electron chi connectivity index (χ4n) is 4.31. The van der Waals surface area contributed by atoms with E-state index < -0.39 is 40.3 Å². The van der Waals surface area contributed by atoms with E-state index in [-0.39, 0.29) is 49.1 Å². The molecule has 10 nitrogen and oxygen atoms in total. The molecule has 3 atom stereocenters. The molecule has 2 heterocycles. The van der Waals surface area contributed by atoms with E-state index in [4.69, 9.17) is 8.92 Å². The molecule has 2 amide bonds. The van der Waals surface area contributed by atoms with Crippen molar-refractivity contribution in [2.24, 2.45) is 0 Å². The Bertz CT molecular complexity index is 1260. The van der Waals surface area contributed by atoms with Gasteiger partial charge >= 0.3 is 6.09 Å². The summed E-state index contributed by atoms with van der Waals surface area (Å²) < 4.78 is 51.0. The maximum Gasteiger partial charge on any atom is 0.414 e. The fraction of sp³-hybridized carbons (Fsp3) is 0.417. The highest BCUT2D eigenvalue weighted by molar-refractivity contribution is 7.86. The van der Waals surface area contributed by atoms with Crippen LogP contribution in [0.3, 0.4) is 0 Å². The number of cyclic esters (lactones) is 1. The highest BCUT2D eigenvalue weighted by Crippen LogP contribution is 2.31. The number of carbonyl (C=O) groups excluding carboxylic acids is 2. The molecular weight excluding hydrogens is 493 g/mol. The molecule has 2 saturated heterocycles. The van der Waals surface area contributed by atoms with Crippen LogP contribution >= 0.6 is 0 Å². The van der Waals surface area contributed by atoms with Crippen LogP contribution in [0.25, 0.3) is 0 Å². The predicted molar refractivity (Wildman–Crippen MR) is 129 cm³/mol. The van der Waals surface area contributed by atoms with Crippen molar-refractivity contribution < 1.29 is 36.4 Å². The minimum absolute atomic E-state index is 0.0330. The number of benzene rings is 2. The van der Waals surface area contributed by atoms with Crippen molar-refractivity contribution in [3.8, 4) is 0 Å².